The number of benzene rings is 3. The van der Waals surface area contributed by atoms with E-state index >= 15 is 0 Å². The number of aromatic nitrogens is 4. The molecular formula is C25H20N6OS3. The van der Waals surface area contributed by atoms with Crippen LogP contribution in [0.3, 0.4) is 0 Å². The molecule has 0 bridgehead atoms. The van der Waals surface area contributed by atoms with Gasteiger partial charge in [0.05, 0.1) is 11.3 Å². The molecule has 0 fully saturated rings. The van der Waals surface area contributed by atoms with Crippen molar-refractivity contribution in [2.45, 2.75) is 15.2 Å². The van der Waals surface area contributed by atoms with Crippen molar-refractivity contribution in [3.63, 3.8) is 0 Å². The number of carbonyl (C=O) groups is 1. The van der Waals surface area contributed by atoms with Crippen molar-refractivity contribution in [2.24, 2.45) is 0 Å². The second-order valence-corrected chi connectivity index (χ2v) is 10.5. The van der Waals surface area contributed by atoms with E-state index in [1.807, 2.05) is 72.8 Å². The highest BCUT2D eigenvalue weighted by Gasteiger charge is 2.13. The first-order chi connectivity index (χ1) is 17.2. The number of para-hydroxylation sites is 2. The van der Waals surface area contributed by atoms with Crippen LogP contribution in [-0.4, -0.2) is 31.8 Å². The maximum atomic E-state index is 12.5. The topological polar surface area (TPSA) is 92.7 Å². The van der Waals surface area contributed by atoms with Gasteiger partial charge in [0.1, 0.15) is 5.82 Å². The van der Waals surface area contributed by atoms with Crippen LogP contribution in [0.5, 0.6) is 0 Å². The van der Waals surface area contributed by atoms with Crippen molar-refractivity contribution in [3.8, 4) is 0 Å². The van der Waals surface area contributed by atoms with Gasteiger partial charge in [-0.3, -0.25) is 10.1 Å². The minimum Gasteiger partial charge on any atom is -0.340 e. The van der Waals surface area contributed by atoms with Crippen LogP contribution < -0.4 is 10.6 Å². The molecule has 0 atom stereocenters. The first kappa shape index (κ1) is 23.3. The van der Waals surface area contributed by atoms with Gasteiger partial charge in [0.15, 0.2) is 9.50 Å². The van der Waals surface area contributed by atoms with Crippen LogP contribution in [0, 0.1) is 0 Å². The maximum absolute atomic E-state index is 12.5. The fourth-order valence-corrected chi connectivity index (χ4v) is 5.57. The van der Waals surface area contributed by atoms with Gasteiger partial charge in [-0.25, -0.2) is 9.97 Å². The Labute approximate surface area is 214 Å². The fourth-order valence-electron chi connectivity index (χ4n) is 3.20. The highest BCUT2D eigenvalue weighted by atomic mass is 32.2. The number of rotatable bonds is 9. The molecule has 10 heteroatoms. The molecule has 7 nitrogen and oxygen atoms in total. The van der Waals surface area contributed by atoms with Gasteiger partial charge in [0.2, 0.25) is 11.0 Å². The lowest BCUT2D eigenvalue weighted by Gasteiger charge is -2.10. The molecule has 0 saturated heterocycles. The van der Waals surface area contributed by atoms with Crippen molar-refractivity contribution < 1.29 is 4.79 Å². The molecule has 0 unspecified atom stereocenters. The molecule has 0 aliphatic heterocycles. The molecule has 3 aromatic carbocycles. The summed E-state index contributed by atoms with van der Waals surface area (Å²) in [4.78, 5) is 21.8. The minimum absolute atomic E-state index is 0.162. The summed E-state index contributed by atoms with van der Waals surface area (Å²) in [5.41, 5.74) is 2.96. The molecule has 5 rings (SSSR count). The molecular weight excluding hydrogens is 497 g/mol. The molecule has 174 valence electrons. The molecule has 0 aliphatic carbocycles. The zero-order chi connectivity index (χ0) is 23.9. The molecule has 2 heterocycles. The quantitative estimate of drug-likeness (QED) is 0.135. The van der Waals surface area contributed by atoms with Crippen molar-refractivity contribution in [1.82, 2.24) is 20.2 Å². The summed E-state index contributed by atoms with van der Waals surface area (Å²) >= 11 is 4.24. The summed E-state index contributed by atoms with van der Waals surface area (Å²) in [6.07, 6.45) is 0. The number of fused-ring (bicyclic) bond motifs is 1. The molecule has 1 amide bonds. The number of carbonyl (C=O) groups excluding carboxylic acids is 1. The van der Waals surface area contributed by atoms with Crippen LogP contribution in [0.4, 0.5) is 16.6 Å². The van der Waals surface area contributed by atoms with Gasteiger partial charge in [0, 0.05) is 16.8 Å². The van der Waals surface area contributed by atoms with Crippen LogP contribution >= 0.6 is 34.9 Å². The van der Waals surface area contributed by atoms with E-state index in [0.717, 1.165) is 26.7 Å². The van der Waals surface area contributed by atoms with E-state index in [-0.39, 0.29) is 11.7 Å². The second kappa shape index (κ2) is 11.3. The molecule has 0 saturated carbocycles. The Hall–Kier alpha value is -3.47. The van der Waals surface area contributed by atoms with Gasteiger partial charge in [-0.05, 0) is 29.8 Å². The van der Waals surface area contributed by atoms with Crippen molar-refractivity contribution in [3.05, 3.63) is 90.5 Å². The average Bonchev–Trinajstić information content (AvgIpc) is 3.34. The maximum Gasteiger partial charge on any atom is 0.236 e. The summed E-state index contributed by atoms with van der Waals surface area (Å²) in [6, 6.07) is 27.8. The van der Waals surface area contributed by atoms with E-state index < -0.39 is 0 Å². The first-order valence-electron chi connectivity index (χ1n) is 10.7. The summed E-state index contributed by atoms with van der Waals surface area (Å²) in [5.74, 6) is 1.49. The summed E-state index contributed by atoms with van der Waals surface area (Å²) in [6.45, 7) is 0. The standard InChI is InChI=1S/C25H20N6OS3/c32-21(28-24-30-31-25(35-24)34-15-17-9-3-1-4-10-17)16-33-23-27-20-14-8-7-13-19(20)22(29-23)26-18-11-5-2-6-12-18/h1-14H,15-16H2,(H,26,27,29)(H,28,30,32). The van der Waals surface area contributed by atoms with Gasteiger partial charge < -0.3 is 5.32 Å². The summed E-state index contributed by atoms with van der Waals surface area (Å²) in [7, 11) is 0. The van der Waals surface area contributed by atoms with Crippen molar-refractivity contribution >= 4 is 68.3 Å². The monoisotopic (exact) mass is 516 g/mol. The number of hydrogen-bond acceptors (Lipinski definition) is 9. The zero-order valence-corrected chi connectivity index (χ0v) is 20.9. The Morgan fingerprint density at radius 1 is 0.829 bits per heavy atom. The SMILES string of the molecule is O=C(CSc1nc(Nc2ccccc2)c2ccccc2n1)Nc1nnc(SCc2ccccc2)s1. The van der Waals surface area contributed by atoms with Gasteiger partial charge in [0.25, 0.3) is 0 Å². The largest absolute Gasteiger partial charge is 0.340 e. The zero-order valence-electron chi connectivity index (χ0n) is 18.4. The molecule has 35 heavy (non-hydrogen) atoms. The number of thioether (sulfide) groups is 2. The van der Waals surface area contributed by atoms with E-state index in [1.165, 1.54) is 28.7 Å². The molecule has 2 N–H and O–H groups in total. The Balaban J connectivity index is 1.21. The second-order valence-electron chi connectivity index (χ2n) is 7.35. The predicted octanol–water partition coefficient (Wildman–Crippen LogP) is 6.25. The highest BCUT2D eigenvalue weighted by molar-refractivity contribution is 8.00. The Kier molecular flexibility index (Phi) is 7.52. The average molecular weight is 517 g/mol. The highest BCUT2D eigenvalue weighted by Crippen LogP contribution is 2.29. The molecule has 2 aromatic heterocycles. The van der Waals surface area contributed by atoms with E-state index in [9.17, 15) is 4.79 Å². The van der Waals surface area contributed by atoms with E-state index in [2.05, 4.69) is 42.9 Å². The van der Waals surface area contributed by atoms with Gasteiger partial charge in [-0.2, -0.15) is 0 Å². The number of anilines is 3. The van der Waals surface area contributed by atoms with Gasteiger partial charge in [-0.1, -0.05) is 95.5 Å². The minimum atomic E-state index is -0.180. The normalized spacial score (nSPS) is 10.9. The lowest BCUT2D eigenvalue weighted by atomic mass is 10.2. The van der Waals surface area contributed by atoms with Crippen LogP contribution in [0.15, 0.2) is 94.4 Å². The molecule has 0 aliphatic rings. The van der Waals surface area contributed by atoms with Crippen molar-refractivity contribution in [1.29, 1.82) is 0 Å². The molecule has 0 radical (unpaired) electrons. The Morgan fingerprint density at radius 3 is 2.40 bits per heavy atom. The fraction of sp³-hybridized carbons (Fsp3) is 0.0800. The first-order valence-corrected chi connectivity index (χ1v) is 13.5. The smallest absolute Gasteiger partial charge is 0.236 e. The molecule has 0 spiro atoms. The van der Waals surface area contributed by atoms with Crippen LogP contribution in [0.2, 0.25) is 0 Å². The van der Waals surface area contributed by atoms with Gasteiger partial charge >= 0.3 is 0 Å². The number of nitrogens with one attached hydrogen (secondary N) is 2. The van der Waals surface area contributed by atoms with Gasteiger partial charge in [-0.15, -0.1) is 10.2 Å². The number of hydrogen-bond donors (Lipinski definition) is 2. The third-order valence-corrected chi connectivity index (χ3v) is 7.70. The third kappa shape index (κ3) is 6.36. The van der Waals surface area contributed by atoms with Crippen LogP contribution in [0.25, 0.3) is 10.9 Å². The Morgan fingerprint density at radius 2 is 1.57 bits per heavy atom. The van der Waals surface area contributed by atoms with Crippen LogP contribution in [-0.2, 0) is 10.5 Å². The van der Waals surface area contributed by atoms with Crippen LogP contribution in [0.1, 0.15) is 5.56 Å². The van der Waals surface area contributed by atoms with E-state index in [1.54, 1.807) is 11.8 Å². The van der Waals surface area contributed by atoms with E-state index in [4.69, 9.17) is 0 Å². The number of nitrogens with zero attached hydrogens (tertiary/aromatic N) is 4. The summed E-state index contributed by atoms with van der Waals surface area (Å²) < 4.78 is 0.811. The van der Waals surface area contributed by atoms with Crippen molar-refractivity contribution in [2.75, 3.05) is 16.4 Å². The third-order valence-electron chi connectivity index (χ3n) is 4.81. The van der Waals surface area contributed by atoms with E-state index in [0.29, 0.717) is 16.1 Å². The molecule has 5 aromatic rings. The summed E-state index contributed by atoms with van der Waals surface area (Å²) in [5, 5.41) is 16.4. The lowest BCUT2D eigenvalue weighted by molar-refractivity contribution is -0.113. The Bertz CT molecular complexity index is 1430. The predicted molar refractivity (Wildman–Crippen MR) is 145 cm³/mol. The number of amides is 1. The lowest BCUT2D eigenvalue weighted by Crippen LogP contribution is -2.14.